The molecule has 5 nitrogen and oxygen atoms in total. The fourth-order valence-electron chi connectivity index (χ4n) is 3.33. The van der Waals surface area contributed by atoms with Crippen LogP contribution >= 0.6 is 11.3 Å². The van der Waals surface area contributed by atoms with Crippen LogP contribution in [0, 0.1) is 0 Å². The Morgan fingerprint density at radius 3 is 2.42 bits per heavy atom. The smallest absolute Gasteiger partial charge is 0.206 e. The molecule has 6 heteroatoms. The summed E-state index contributed by atoms with van der Waals surface area (Å²) in [6, 6.07) is 26.3. The SMILES string of the molecule is C(=N\n1c(-c2ccc3c(c2)OCCO3)csc1=NCc1ccccc1)/c1ccccc1. The maximum Gasteiger partial charge on any atom is 0.206 e. The van der Waals surface area contributed by atoms with E-state index in [0.29, 0.717) is 19.8 Å². The van der Waals surface area contributed by atoms with Gasteiger partial charge in [0.1, 0.15) is 13.2 Å². The van der Waals surface area contributed by atoms with Gasteiger partial charge in [0.25, 0.3) is 0 Å². The molecule has 0 fully saturated rings. The van der Waals surface area contributed by atoms with Crippen LogP contribution in [0.5, 0.6) is 11.5 Å². The van der Waals surface area contributed by atoms with Crippen LogP contribution in [0.3, 0.4) is 0 Å². The first-order valence-electron chi connectivity index (χ1n) is 10.1. The highest BCUT2D eigenvalue weighted by molar-refractivity contribution is 7.07. The second kappa shape index (κ2) is 9.02. The minimum atomic E-state index is 0.559. The molecule has 0 N–H and O–H groups in total. The molecule has 1 aliphatic rings. The molecular weight excluding hydrogens is 406 g/mol. The predicted octanol–water partition coefficient (Wildman–Crippen LogP) is 4.97. The zero-order valence-corrected chi connectivity index (χ0v) is 17.7. The third-order valence-electron chi connectivity index (χ3n) is 4.88. The topological polar surface area (TPSA) is 48.1 Å². The number of rotatable bonds is 5. The van der Waals surface area contributed by atoms with Crippen LogP contribution < -0.4 is 14.3 Å². The average molecular weight is 428 g/mol. The van der Waals surface area contributed by atoms with Crippen LogP contribution in [0.25, 0.3) is 11.3 Å². The summed E-state index contributed by atoms with van der Waals surface area (Å²) in [7, 11) is 0. The number of benzene rings is 3. The Morgan fingerprint density at radius 1 is 0.871 bits per heavy atom. The highest BCUT2D eigenvalue weighted by atomic mass is 32.1. The zero-order chi connectivity index (χ0) is 20.9. The van der Waals surface area contributed by atoms with Crippen molar-refractivity contribution in [2.24, 2.45) is 10.1 Å². The number of thiazole rings is 1. The van der Waals surface area contributed by atoms with Crippen LogP contribution in [0.15, 0.2) is 94.3 Å². The van der Waals surface area contributed by atoms with E-state index in [0.717, 1.165) is 38.7 Å². The summed E-state index contributed by atoms with van der Waals surface area (Å²) < 4.78 is 13.3. The largest absolute Gasteiger partial charge is 0.486 e. The van der Waals surface area contributed by atoms with Crippen molar-refractivity contribution in [1.29, 1.82) is 0 Å². The molecule has 3 aromatic carbocycles. The molecule has 1 aliphatic heterocycles. The second-order valence-electron chi connectivity index (χ2n) is 7.03. The lowest BCUT2D eigenvalue weighted by Gasteiger charge is -2.18. The number of hydrogen-bond donors (Lipinski definition) is 0. The summed E-state index contributed by atoms with van der Waals surface area (Å²) in [6.07, 6.45) is 1.86. The van der Waals surface area contributed by atoms with Gasteiger partial charge >= 0.3 is 0 Å². The first kappa shape index (κ1) is 19.3. The number of fused-ring (bicyclic) bond motifs is 1. The number of aromatic nitrogens is 1. The quantitative estimate of drug-likeness (QED) is 0.422. The van der Waals surface area contributed by atoms with Crippen molar-refractivity contribution < 1.29 is 9.47 Å². The van der Waals surface area contributed by atoms with E-state index in [1.165, 1.54) is 0 Å². The number of hydrogen-bond acceptors (Lipinski definition) is 5. The molecule has 1 aromatic heterocycles. The Morgan fingerprint density at radius 2 is 1.61 bits per heavy atom. The molecule has 0 saturated carbocycles. The van der Waals surface area contributed by atoms with Crippen LogP contribution in [-0.2, 0) is 6.54 Å². The lowest BCUT2D eigenvalue weighted by Crippen LogP contribution is -2.15. The van der Waals surface area contributed by atoms with E-state index in [9.17, 15) is 0 Å². The standard InChI is InChI=1S/C25H21N3O2S/c1-3-7-19(8-4-1)16-26-25-28(27-17-20-9-5-2-6-10-20)22(18-31-25)21-11-12-23-24(15-21)30-14-13-29-23/h1-12,15,17-18H,13-14,16H2/b26-25?,27-17+. The Labute approximate surface area is 184 Å². The van der Waals surface area contributed by atoms with Crippen molar-refractivity contribution in [1.82, 2.24) is 4.68 Å². The first-order chi connectivity index (χ1) is 15.4. The van der Waals surface area contributed by atoms with Gasteiger partial charge < -0.3 is 9.47 Å². The monoisotopic (exact) mass is 427 g/mol. The van der Waals surface area contributed by atoms with Gasteiger partial charge in [-0.3, -0.25) is 4.99 Å². The third-order valence-corrected chi connectivity index (χ3v) is 5.74. The first-order valence-corrected chi connectivity index (χ1v) is 11.0. The van der Waals surface area contributed by atoms with Crippen molar-refractivity contribution in [3.8, 4) is 22.8 Å². The Bertz CT molecular complexity index is 1260. The zero-order valence-electron chi connectivity index (χ0n) is 16.8. The maximum atomic E-state index is 5.77. The van der Waals surface area contributed by atoms with Gasteiger partial charge in [-0.1, -0.05) is 60.7 Å². The van der Waals surface area contributed by atoms with E-state index < -0.39 is 0 Å². The summed E-state index contributed by atoms with van der Waals surface area (Å²) in [5.74, 6) is 1.54. The van der Waals surface area contributed by atoms with Crippen LogP contribution in [0.2, 0.25) is 0 Å². The average Bonchev–Trinajstić information content (AvgIpc) is 3.25. The van der Waals surface area contributed by atoms with Crippen LogP contribution in [0.1, 0.15) is 11.1 Å². The molecule has 0 radical (unpaired) electrons. The molecule has 4 aromatic rings. The van der Waals surface area contributed by atoms with Gasteiger partial charge in [-0.25, -0.2) is 4.68 Å². The van der Waals surface area contributed by atoms with Crippen molar-refractivity contribution in [3.63, 3.8) is 0 Å². The van der Waals surface area contributed by atoms with Gasteiger partial charge in [-0.05, 0) is 29.3 Å². The van der Waals surface area contributed by atoms with Crippen molar-refractivity contribution >= 4 is 17.6 Å². The fraction of sp³-hybridized carbons (Fsp3) is 0.120. The normalized spacial score (nSPS) is 13.6. The minimum absolute atomic E-state index is 0.559. The summed E-state index contributed by atoms with van der Waals surface area (Å²) in [6.45, 7) is 1.74. The van der Waals surface area contributed by atoms with E-state index in [2.05, 4.69) is 17.5 Å². The summed E-state index contributed by atoms with van der Waals surface area (Å²) in [4.78, 5) is 5.67. The van der Waals surface area contributed by atoms with E-state index >= 15 is 0 Å². The van der Waals surface area contributed by atoms with Crippen LogP contribution in [0.4, 0.5) is 0 Å². The van der Waals surface area contributed by atoms with Gasteiger partial charge in [-0.2, -0.15) is 5.10 Å². The van der Waals surface area contributed by atoms with Gasteiger partial charge in [0.05, 0.1) is 18.5 Å². The molecule has 0 bridgehead atoms. The fourth-order valence-corrected chi connectivity index (χ4v) is 4.16. The van der Waals surface area contributed by atoms with E-state index in [-0.39, 0.29) is 0 Å². The highest BCUT2D eigenvalue weighted by Crippen LogP contribution is 2.34. The van der Waals surface area contributed by atoms with Crippen molar-refractivity contribution in [2.45, 2.75) is 6.54 Å². The Balaban J connectivity index is 1.56. The second-order valence-corrected chi connectivity index (χ2v) is 7.87. The summed E-state index contributed by atoms with van der Waals surface area (Å²) in [5, 5.41) is 6.85. The number of ether oxygens (including phenoxy) is 2. The Kier molecular flexibility index (Phi) is 5.62. The summed E-state index contributed by atoms with van der Waals surface area (Å²) >= 11 is 1.57. The van der Waals surface area contributed by atoms with Gasteiger partial charge in [-0.15, -0.1) is 11.3 Å². The molecule has 31 heavy (non-hydrogen) atoms. The molecule has 0 amide bonds. The lowest BCUT2D eigenvalue weighted by molar-refractivity contribution is 0.171. The minimum Gasteiger partial charge on any atom is -0.486 e. The highest BCUT2D eigenvalue weighted by Gasteiger charge is 2.15. The molecule has 154 valence electrons. The van der Waals surface area contributed by atoms with Gasteiger partial charge in [0.2, 0.25) is 4.80 Å². The molecule has 0 aliphatic carbocycles. The molecule has 0 unspecified atom stereocenters. The molecule has 5 rings (SSSR count). The molecular formula is C25H21N3O2S. The molecule has 0 spiro atoms. The molecule has 2 heterocycles. The van der Waals surface area contributed by atoms with E-state index in [1.807, 2.05) is 77.6 Å². The number of nitrogens with zero attached hydrogens (tertiary/aromatic N) is 3. The predicted molar refractivity (Wildman–Crippen MR) is 124 cm³/mol. The summed E-state index contributed by atoms with van der Waals surface area (Å²) in [5.41, 5.74) is 4.16. The van der Waals surface area contributed by atoms with Crippen molar-refractivity contribution in [3.05, 3.63) is 100 Å². The third kappa shape index (κ3) is 4.44. The van der Waals surface area contributed by atoms with Gasteiger partial charge in [0.15, 0.2) is 11.5 Å². The lowest BCUT2D eigenvalue weighted by atomic mass is 10.1. The molecule has 0 saturated heterocycles. The van der Waals surface area contributed by atoms with Crippen molar-refractivity contribution in [2.75, 3.05) is 13.2 Å². The van der Waals surface area contributed by atoms with E-state index in [4.69, 9.17) is 19.6 Å². The van der Waals surface area contributed by atoms with Gasteiger partial charge in [0, 0.05) is 10.9 Å². The molecule has 0 atom stereocenters. The van der Waals surface area contributed by atoms with E-state index in [1.54, 1.807) is 11.3 Å². The Hall–Kier alpha value is -3.64. The maximum absolute atomic E-state index is 5.77. The van der Waals surface area contributed by atoms with Crippen LogP contribution in [-0.4, -0.2) is 24.1 Å².